The lowest BCUT2D eigenvalue weighted by atomic mass is 9.24. The van der Waals surface area contributed by atoms with Crippen LogP contribution in [-0.2, 0) is 16.2 Å². The number of benzene rings is 3. The van der Waals surface area contributed by atoms with Gasteiger partial charge in [0, 0.05) is 25.0 Å². The van der Waals surface area contributed by atoms with Crippen molar-refractivity contribution in [2.45, 2.75) is 104 Å². The van der Waals surface area contributed by atoms with Crippen LogP contribution in [0.2, 0.25) is 0 Å². The molecular formula is C38H58O3. The summed E-state index contributed by atoms with van der Waals surface area (Å²) >= 11 is 0. The van der Waals surface area contributed by atoms with Crippen molar-refractivity contribution in [3.05, 3.63) is 102 Å². The van der Waals surface area contributed by atoms with Crippen LogP contribution in [0.1, 0.15) is 104 Å². The van der Waals surface area contributed by atoms with Gasteiger partial charge in [-0.3, -0.25) is 0 Å². The summed E-state index contributed by atoms with van der Waals surface area (Å²) in [5.74, 6) is 1.24. The Bertz CT molecular complexity index is 1050. The lowest BCUT2D eigenvalue weighted by Gasteiger charge is -2.79. The fourth-order valence-corrected chi connectivity index (χ4v) is 9.01. The quantitative estimate of drug-likeness (QED) is 0.298. The van der Waals surface area contributed by atoms with E-state index < -0.39 is 0 Å². The van der Waals surface area contributed by atoms with Crippen LogP contribution in [0.5, 0.6) is 5.75 Å². The zero-order valence-corrected chi connectivity index (χ0v) is 27.5. The van der Waals surface area contributed by atoms with Gasteiger partial charge in [-0.1, -0.05) is 128 Å². The molecule has 3 aromatic carbocycles. The summed E-state index contributed by atoms with van der Waals surface area (Å²) in [6.07, 6.45) is 6.54. The van der Waals surface area contributed by atoms with E-state index in [1.807, 2.05) is 67.5 Å². The maximum atomic E-state index is 9.90. The highest BCUT2D eigenvalue weighted by Gasteiger charge is 2.89. The molecule has 4 fully saturated rings. The molecular weight excluding hydrogens is 504 g/mol. The lowest BCUT2D eigenvalue weighted by molar-refractivity contribution is -0.221. The van der Waals surface area contributed by atoms with Crippen LogP contribution in [0.3, 0.4) is 0 Å². The Morgan fingerprint density at radius 3 is 1.20 bits per heavy atom. The molecule has 0 radical (unpaired) electrons. The van der Waals surface area contributed by atoms with Crippen molar-refractivity contribution in [2.75, 3.05) is 14.2 Å². The molecule has 3 heteroatoms. The van der Waals surface area contributed by atoms with E-state index in [0.29, 0.717) is 22.0 Å². The number of aliphatic hydroxyl groups excluding tert-OH is 2. The van der Waals surface area contributed by atoms with Crippen molar-refractivity contribution < 1.29 is 15.3 Å². The van der Waals surface area contributed by atoms with Gasteiger partial charge in [-0.25, -0.2) is 0 Å². The Morgan fingerprint density at radius 1 is 0.488 bits per heavy atom. The van der Waals surface area contributed by atoms with Crippen molar-refractivity contribution in [3.8, 4) is 5.75 Å². The molecule has 3 N–H and O–H groups in total. The number of fused-ring (bicyclic) bond motifs is 1. The van der Waals surface area contributed by atoms with Crippen LogP contribution >= 0.6 is 0 Å². The minimum Gasteiger partial charge on any atom is -0.508 e. The summed E-state index contributed by atoms with van der Waals surface area (Å²) in [5.41, 5.74) is 5.82. The molecule has 0 heterocycles. The van der Waals surface area contributed by atoms with Crippen molar-refractivity contribution in [1.82, 2.24) is 0 Å². The minimum absolute atomic E-state index is 0.227. The third kappa shape index (κ3) is 5.37. The number of aromatic hydroxyl groups is 1. The molecule has 0 amide bonds. The summed E-state index contributed by atoms with van der Waals surface area (Å²) < 4.78 is 0. The van der Waals surface area contributed by atoms with E-state index in [4.69, 9.17) is 10.2 Å². The molecule has 2 unspecified atom stereocenters. The number of phenols is 1. The number of hydrogen-bond donors (Lipinski definition) is 3. The molecule has 2 atom stereocenters. The Kier molecular flexibility index (Phi) is 14.3. The highest BCUT2D eigenvalue weighted by molar-refractivity contribution is 5.57. The van der Waals surface area contributed by atoms with Gasteiger partial charge in [-0.15, -0.1) is 0 Å². The number of rotatable bonds is 3. The molecule has 0 saturated heterocycles. The molecule has 3 aromatic rings. The van der Waals surface area contributed by atoms with Gasteiger partial charge in [-0.05, 0) is 77.7 Å². The second kappa shape index (κ2) is 16.1. The normalized spacial score (nSPS) is 29.7. The zero-order chi connectivity index (χ0) is 31.3. The molecule has 3 nitrogen and oxygen atoms in total. The first-order valence-corrected chi connectivity index (χ1v) is 15.9. The van der Waals surface area contributed by atoms with E-state index in [9.17, 15) is 5.11 Å². The standard InChI is InChI=1S/C28H26O.4C2H6.2CH4O/c29-24-13-11-20(12-14-24)25-17-26(21-7-3-1-4-8-21)15-23-16-27(18-25,28(23,26)19-25)22-9-5-2-6-10-22;6*1-2/h1-14,23,29H,15-19H2;4*1-2H3;2*2H,1H3. The summed E-state index contributed by atoms with van der Waals surface area (Å²) in [7, 11) is 2.00. The first-order valence-electron chi connectivity index (χ1n) is 15.9. The van der Waals surface area contributed by atoms with Crippen molar-refractivity contribution in [3.63, 3.8) is 0 Å². The summed E-state index contributed by atoms with van der Waals surface area (Å²) in [4.78, 5) is 0. The fourth-order valence-electron chi connectivity index (χ4n) is 9.01. The molecule has 41 heavy (non-hydrogen) atoms. The van der Waals surface area contributed by atoms with Gasteiger partial charge >= 0.3 is 0 Å². The third-order valence-corrected chi connectivity index (χ3v) is 9.62. The first kappa shape index (κ1) is 36.4. The maximum Gasteiger partial charge on any atom is 0.115 e. The lowest BCUT2D eigenvalue weighted by Crippen LogP contribution is -2.76. The van der Waals surface area contributed by atoms with Crippen LogP contribution < -0.4 is 0 Å². The van der Waals surface area contributed by atoms with Gasteiger partial charge in [0.05, 0.1) is 0 Å². The average molecular weight is 563 g/mol. The van der Waals surface area contributed by atoms with E-state index in [1.165, 1.54) is 37.7 Å². The number of aliphatic hydroxyl groups is 2. The summed E-state index contributed by atoms with van der Waals surface area (Å²) in [6, 6.07) is 31.0. The molecule has 4 aliphatic rings. The zero-order valence-electron chi connectivity index (χ0n) is 27.5. The minimum atomic E-state index is 0.227. The fraction of sp³-hybridized carbons (Fsp3) is 0.526. The van der Waals surface area contributed by atoms with Crippen LogP contribution in [0.4, 0.5) is 0 Å². The average Bonchev–Trinajstić information content (AvgIpc) is 3.53. The van der Waals surface area contributed by atoms with Crippen molar-refractivity contribution in [2.24, 2.45) is 11.3 Å². The molecule has 7 rings (SSSR count). The molecule has 4 aliphatic carbocycles. The van der Waals surface area contributed by atoms with Gasteiger partial charge in [0.15, 0.2) is 0 Å². The van der Waals surface area contributed by atoms with E-state index in [-0.39, 0.29) is 5.41 Å². The molecule has 2 bridgehead atoms. The monoisotopic (exact) mass is 562 g/mol. The maximum absolute atomic E-state index is 9.90. The molecule has 1 spiro atoms. The van der Waals surface area contributed by atoms with Gasteiger partial charge in [0.25, 0.3) is 0 Å². The highest BCUT2D eigenvalue weighted by Crippen LogP contribution is 2.93. The van der Waals surface area contributed by atoms with E-state index in [0.717, 1.165) is 20.1 Å². The Morgan fingerprint density at radius 2 is 0.854 bits per heavy atom. The third-order valence-electron chi connectivity index (χ3n) is 9.62. The van der Waals surface area contributed by atoms with Crippen LogP contribution in [0.15, 0.2) is 84.9 Å². The van der Waals surface area contributed by atoms with E-state index in [2.05, 4.69) is 72.8 Å². The largest absolute Gasteiger partial charge is 0.508 e. The second-order valence-corrected chi connectivity index (χ2v) is 10.3. The summed E-state index contributed by atoms with van der Waals surface area (Å²) in [5, 5.41) is 23.9. The number of phenolic OH excluding ortho intramolecular Hbond substituents is 1. The van der Waals surface area contributed by atoms with E-state index >= 15 is 0 Å². The Labute approximate surface area is 251 Å². The smallest absolute Gasteiger partial charge is 0.115 e. The van der Waals surface area contributed by atoms with E-state index in [1.54, 1.807) is 11.1 Å². The topological polar surface area (TPSA) is 60.7 Å². The molecule has 0 aliphatic heterocycles. The van der Waals surface area contributed by atoms with Gasteiger partial charge < -0.3 is 15.3 Å². The van der Waals surface area contributed by atoms with Crippen LogP contribution in [-0.4, -0.2) is 29.5 Å². The molecule has 0 aromatic heterocycles. The Hall–Kier alpha value is -2.62. The van der Waals surface area contributed by atoms with Gasteiger partial charge in [-0.2, -0.15) is 0 Å². The summed E-state index contributed by atoms with van der Waals surface area (Å²) in [6.45, 7) is 16.0. The second-order valence-electron chi connectivity index (χ2n) is 10.3. The SMILES string of the molecule is CC.CC.CC.CC.CO.CO.Oc1ccc(C23CC4(c5ccccc5)CC5CC(c6ccccc6)(C2)C54C3)cc1. The first-order chi connectivity index (χ1) is 20.1. The molecule has 4 saturated carbocycles. The van der Waals surface area contributed by atoms with Crippen LogP contribution in [0.25, 0.3) is 0 Å². The number of hydrogen-bond acceptors (Lipinski definition) is 3. The molecule has 228 valence electrons. The van der Waals surface area contributed by atoms with Gasteiger partial charge in [0.1, 0.15) is 5.75 Å². The van der Waals surface area contributed by atoms with Crippen molar-refractivity contribution >= 4 is 0 Å². The van der Waals surface area contributed by atoms with Crippen molar-refractivity contribution in [1.29, 1.82) is 0 Å². The predicted molar refractivity (Wildman–Crippen MR) is 177 cm³/mol. The van der Waals surface area contributed by atoms with Gasteiger partial charge in [0.2, 0.25) is 0 Å². The predicted octanol–water partition coefficient (Wildman–Crippen LogP) is 9.44. The van der Waals surface area contributed by atoms with Crippen LogP contribution in [0, 0.1) is 11.3 Å². The highest BCUT2D eigenvalue weighted by atomic mass is 16.3. The Balaban J connectivity index is 0.000000629.